The van der Waals surface area contributed by atoms with Crippen LogP contribution in [0.15, 0.2) is 18.2 Å². The second-order valence-corrected chi connectivity index (χ2v) is 5.90. The van der Waals surface area contributed by atoms with Gasteiger partial charge in [-0.1, -0.05) is 12.1 Å². The summed E-state index contributed by atoms with van der Waals surface area (Å²) < 4.78 is 0. The minimum Gasteiger partial charge on any atom is -0.322 e. The summed E-state index contributed by atoms with van der Waals surface area (Å²) in [6, 6.07) is 4.98. The summed E-state index contributed by atoms with van der Waals surface area (Å²) >= 11 is 0. The molecule has 2 aliphatic rings. The van der Waals surface area contributed by atoms with Gasteiger partial charge in [0.1, 0.15) is 12.3 Å². The summed E-state index contributed by atoms with van der Waals surface area (Å²) in [5.41, 5.74) is 2.61. The number of imide groups is 1. The molecule has 6 heteroatoms. The fourth-order valence-corrected chi connectivity index (χ4v) is 3.26. The highest BCUT2D eigenvalue weighted by atomic mass is 16.2. The fraction of sp³-hybridized carbons (Fsp3) is 0.412. The highest BCUT2D eigenvalue weighted by molar-refractivity contribution is 6.05. The molecule has 0 aliphatic carbocycles. The van der Waals surface area contributed by atoms with E-state index in [9.17, 15) is 19.2 Å². The van der Waals surface area contributed by atoms with Gasteiger partial charge in [-0.25, -0.2) is 0 Å². The van der Waals surface area contributed by atoms with Crippen LogP contribution in [0.25, 0.3) is 0 Å². The highest BCUT2D eigenvalue weighted by Gasteiger charge is 2.39. The third kappa shape index (κ3) is 2.88. The maximum absolute atomic E-state index is 12.6. The number of hydrogen-bond donors (Lipinski definition) is 1. The number of carbonyl (C=O) groups excluding carboxylic acids is 4. The van der Waals surface area contributed by atoms with Crippen LogP contribution in [0.1, 0.15) is 47.2 Å². The van der Waals surface area contributed by atoms with E-state index >= 15 is 0 Å². The van der Waals surface area contributed by atoms with Crippen molar-refractivity contribution in [1.29, 1.82) is 0 Å². The van der Waals surface area contributed by atoms with Crippen molar-refractivity contribution in [2.24, 2.45) is 0 Å². The van der Waals surface area contributed by atoms with Crippen LogP contribution in [-0.4, -0.2) is 34.9 Å². The van der Waals surface area contributed by atoms with Crippen molar-refractivity contribution in [3.8, 4) is 0 Å². The van der Waals surface area contributed by atoms with Crippen molar-refractivity contribution in [3.05, 3.63) is 34.9 Å². The number of benzene rings is 1. The molecule has 3 rings (SSSR count). The van der Waals surface area contributed by atoms with E-state index in [0.717, 1.165) is 30.3 Å². The summed E-state index contributed by atoms with van der Waals surface area (Å²) in [5.74, 6) is -0.846. The molecule has 2 aliphatic heterocycles. The van der Waals surface area contributed by atoms with Crippen LogP contribution in [0.5, 0.6) is 0 Å². The number of aldehydes is 1. The first-order chi connectivity index (χ1) is 11.1. The molecule has 120 valence electrons. The van der Waals surface area contributed by atoms with E-state index in [1.807, 2.05) is 12.1 Å². The maximum atomic E-state index is 12.6. The van der Waals surface area contributed by atoms with E-state index < -0.39 is 11.9 Å². The Kier molecular flexibility index (Phi) is 4.23. The SMILES string of the molecule is O=CCCCc1cccc2c1CN(C1CCC(=O)NC1=O)C2=O. The van der Waals surface area contributed by atoms with Gasteiger partial charge in [0, 0.05) is 24.9 Å². The lowest BCUT2D eigenvalue weighted by Gasteiger charge is -2.29. The molecule has 0 bridgehead atoms. The van der Waals surface area contributed by atoms with Gasteiger partial charge in [-0.15, -0.1) is 0 Å². The monoisotopic (exact) mass is 314 g/mol. The predicted octanol–water partition coefficient (Wildman–Crippen LogP) is 0.969. The molecule has 0 saturated carbocycles. The van der Waals surface area contributed by atoms with E-state index in [-0.39, 0.29) is 18.2 Å². The van der Waals surface area contributed by atoms with Crippen LogP contribution < -0.4 is 5.32 Å². The molecule has 1 unspecified atom stereocenters. The number of piperidine rings is 1. The number of amides is 3. The lowest BCUT2D eigenvalue weighted by molar-refractivity contribution is -0.136. The summed E-state index contributed by atoms with van der Waals surface area (Å²) in [7, 11) is 0. The van der Waals surface area contributed by atoms with Gasteiger partial charge in [-0.2, -0.15) is 0 Å². The van der Waals surface area contributed by atoms with Gasteiger partial charge in [-0.3, -0.25) is 19.7 Å². The maximum Gasteiger partial charge on any atom is 0.255 e. The zero-order valence-corrected chi connectivity index (χ0v) is 12.7. The number of nitrogens with one attached hydrogen (secondary N) is 1. The Balaban J connectivity index is 1.81. The summed E-state index contributed by atoms with van der Waals surface area (Å²) in [5, 5.41) is 2.30. The van der Waals surface area contributed by atoms with E-state index in [4.69, 9.17) is 0 Å². The molecular formula is C17H18N2O4. The molecule has 1 aromatic carbocycles. The van der Waals surface area contributed by atoms with Crippen LogP contribution in [0, 0.1) is 0 Å². The average Bonchev–Trinajstić information content (AvgIpc) is 2.86. The van der Waals surface area contributed by atoms with Crippen molar-refractivity contribution in [2.75, 3.05) is 0 Å². The molecule has 1 atom stereocenters. The number of hydrogen-bond acceptors (Lipinski definition) is 4. The van der Waals surface area contributed by atoms with Gasteiger partial charge < -0.3 is 9.69 Å². The predicted molar refractivity (Wildman–Crippen MR) is 81.5 cm³/mol. The molecule has 1 aromatic rings. The van der Waals surface area contributed by atoms with Crippen LogP contribution in [0.4, 0.5) is 0 Å². The standard InChI is InChI=1S/C17H18N2O4/c20-9-2-1-4-11-5-3-6-12-13(11)10-19(17(12)23)14-7-8-15(21)18-16(14)22/h3,5-6,9,14H,1-2,4,7-8,10H2,(H,18,21,22). The van der Waals surface area contributed by atoms with E-state index in [1.165, 1.54) is 0 Å². The Morgan fingerprint density at radius 3 is 2.83 bits per heavy atom. The van der Waals surface area contributed by atoms with Crippen molar-refractivity contribution in [3.63, 3.8) is 0 Å². The van der Waals surface area contributed by atoms with Gasteiger partial charge in [-0.05, 0) is 36.5 Å². The van der Waals surface area contributed by atoms with E-state index in [1.54, 1.807) is 11.0 Å². The minimum atomic E-state index is -0.588. The number of nitrogens with zero attached hydrogens (tertiary/aromatic N) is 1. The Morgan fingerprint density at radius 2 is 2.09 bits per heavy atom. The van der Waals surface area contributed by atoms with Crippen LogP contribution in [-0.2, 0) is 27.3 Å². The molecule has 1 saturated heterocycles. The molecule has 2 heterocycles. The summed E-state index contributed by atoms with van der Waals surface area (Å²) in [6.45, 7) is 0.387. The minimum absolute atomic E-state index is 0.160. The largest absolute Gasteiger partial charge is 0.322 e. The Morgan fingerprint density at radius 1 is 1.26 bits per heavy atom. The topological polar surface area (TPSA) is 83.6 Å². The fourth-order valence-electron chi connectivity index (χ4n) is 3.26. The average molecular weight is 314 g/mol. The second-order valence-electron chi connectivity index (χ2n) is 5.90. The van der Waals surface area contributed by atoms with E-state index in [2.05, 4.69) is 5.32 Å². The van der Waals surface area contributed by atoms with Crippen molar-refractivity contribution in [1.82, 2.24) is 10.2 Å². The molecule has 1 N–H and O–H groups in total. The lowest BCUT2D eigenvalue weighted by Crippen LogP contribution is -2.52. The van der Waals surface area contributed by atoms with Crippen LogP contribution >= 0.6 is 0 Å². The second kappa shape index (κ2) is 6.32. The quantitative estimate of drug-likeness (QED) is 0.499. The number of aryl methyl sites for hydroxylation is 1. The Hall–Kier alpha value is -2.50. The number of carbonyl (C=O) groups is 4. The van der Waals surface area contributed by atoms with Crippen molar-refractivity contribution < 1.29 is 19.2 Å². The third-order valence-corrected chi connectivity index (χ3v) is 4.45. The molecule has 6 nitrogen and oxygen atoms in total. The Bertz CT molecular complexity index is 683. The van der Waals surface area contributed by atoms with Gasteiger partial charge in [0.2, 0.25) is 11.8 Å². The van der Waals surface area contributed by atoms with Crippen LogP contribution in [0.2, 0.25) is 0 Å². The summed E-state index contributed by atoms with van der Waals surface area (Å²) in [4.78, 5) is 47.9. The first kappa shape index (κ1) is 15.4. The van der Waals surface area contributed by atoms with Crippen molar-refractivity contribution >= 4 is 24.0 Å². The smallest absolute Gasteiger partial charge is 0.255 e. The zero-order valence-electron chi connectivity index (χ0n) is 12.7. The third-order valence-electron chi connectivity index (χ3n) is 4.45. The number of fused-ring (bicyclic) bond motifs is 1. The molecule has 0 radical (unpaired) electrons. The molecule has 1 fully saturated rings. The normalized spacial score (nSPS) is 20.4. The summed E-state index contributed by atoms with van der Waals surface area (Å²) in [6.07, 6.45) is 3.48. The first-order valence-corrected chi connectivity index (χ1v) is 7.81. The van der Waals surface area contributed by atoms with Gasteiger partial charge >= 0.3 is 0 Å². The zero-order chi connectivity index (χ0) is 16.4. The van der Waals surface area contributed by atoms with Crippen molar-refractivity contribution in [2.45, 2.75) is 44.7 Å². The van der Waals surface area contributed by atoms with Gasteiger partial charge in [0.25, 0.3) is 5.91 Å². The molecular weight excluding hydrogens is 296 g/mol. The number of rotatable bonds is 5. The van der Waals surface area contributed by atoms with Gasteiger partial charge in [0.15, 0.2) is 0 Å². The lowest BCUT2D eigenvalue weighted by atomic mass is 9.99. The van der Waals surface area contributed by atoms with Gasteiger partial charge in [0.05, 0.1) is 0 Å². The molecule has 0 spiro atoms. The van der Waals surface area contributed by atoms with E-state index in [0.29, 0.717) is 24.9 Å². The molecule has 23 heavy (non-hydrogen) atoms. The highest BCUT2D eigenvalue weighted by Crippen LogP contribution is 2.30. The Labute approximate surface area is 133 Å². The first-order valence-electron chi connectivity index (χ1n) is 7.81. The molecule has 0 aromatic heterocycles. The van der Waals surface area contributed by atoms with Crippen LogP contribution in [0.3, 0.4) is 0 Å². The molecule has 3 amide bonds. The number of unbranched alkanes of at least 4 members (excludes halogenated alkanes) is 1.